The van der Waals surface area contributed by atoms with Crippen LogP contribution < -0.4 is 5.32 Å². The number of nitrogens with zero attached hydrogens (tertiary/aromatic N) is 1. The minimum absolute atomic E-state index is 0.384. The molecule has 1 atom stereocenters. The van der Waals surface area contributed by atoms with E-state index < -0.39 is 0 Å². The van der Waals surface area contributed by atoms with E-state index in [4.69, 9.17) is 0 Å². The molecule has 0 aliphatic carbocycles. The Hall–Kier alpha value is -1.09. The van der Waals surface area contributed by atoms with Crippen molar-refractivity contribution in [1.82, 2.24) is 4.98 Å². The van der Waals surface area contributed by atoms with E-state index in [0.717, 1.165) is 18.5 Å². The summed E-state index contributed by atoms with van der Waals surface area (Å²) in [6.07, 6.45) is 4.87. The normalized spacial score (nSPS) is 22.1. The predicted octanol–water partition coefficient (Wildman–Crippen LogP) is 0.758. The molecule has 0 aromatic carbocycles. The Morgan fingerprint density at radius 3 is 3.45 bits per heavy atom. The molecule has 0 bridgehead atoms. The summed E-state index contributed by atoms with van der Waals surface area (Å²) < 4.78 is 0. The zero-order valence-corrected chi connectivity index (χ0v) is 6.12. The third-order valence-corrected chi connectivity index (χ3v) is 1.91. The van der Waals surface area contributed by atoms with Crippen LogP contribution in [0.4, 0.5) is 5.69 Å². The molecule has 58 valence electrons. The molecule has 2 N–H and O–H groups in total. The SMILES string of the molecule is OC1CCc2cnccc2N1. The topological polar surface area (TPSA) is 45.2 Å². The van der Waals surface area contributed by atoms with Gasteiger partial charge in [-0.3, -0.25) is 4.98 Å². The number of hydrogen-bond acceptors (Lipinski definition) is 3. The second kappa shape index (κ2) is 2.51. The molecule has 1 aromatic rings. The quantitative estimate of drug-likeness (QED) is 0.574. The van der Waals surface area contributed by atoms with Crippen molar-refractivity contribution in [2.45, 2.75) is 19.1 Å². The summed E-state index contributed by atoms with van der Waals surface area (Å²) in [5.74, 6) is 0. The number of pyridine rings is 1. The van der Waals surface area contributed by atoms with Crippen LogP contribution in [0.1, 0.15) is 12.0 Å². The summed E-state index contributed by atoms with van der Waals surface area (Å²) in [4.78, 5) is 4.00. The minimum atomic E-state index is -0.384. The van der Waals surface area contributed by atoms with Gasteiger partial charge in [-0.25, -0.2) is 0 Å². The van der Waals surface area contributed by atoms with E-state index in [-0.39, 0.29) is 6.23 Å². The second-order valence-electron chi connectivity index (χ2n) is 2.73. The van der Waals surface area contributed by atoms with Gasteiger partial charge in [-0.15, -0.1) is 0 Å². The highest BCUT2D eigenvalue weighted by Crippen LogP contribution is 2.21. The average molecular weight is 150 g/mol. The number of aromatic nitrogens is 1. The van der Waals surface area contributed by atoms with Crippen LogP contribution in [-0.4, -0.2) is 16.3 Å². The third-order valence-electron chi connectivity index (χ3n) is 1.91. The molecule has 1 aliphatic rings. The lowest BCUT2D eigenvalue weighted by molar-refractivity contribution is 0.189. The molecule has 0 radical (unpaired) electrons. The molecule has 1 unspecified atom stereocenters. The molecule has 3 nitrogen and oxygen atoms in total. The molecule has 0 spiro atoms. The monoisotopic (exact) mass is 150 g/mol. The van der Waals surface area contributed by atoms with Gasteiger partial charge < -0.3 is 10.4 Å². The lowest BCUT2D eigenvalue weighted by Crippen LogP contribution is -2.24. The molecule has 2 rings (SSSR count). The van der Waals surface area contributed by atoms with Crippen molar-refractivity contribution in [3.63, 3.8) is 0 Å². The van der Waals surface area contributed by atoms with Crippen molar-refractivity contribution >= 4 is 5.69 Å². The first-order chi connectivity index (χ1) is 5.36. The van der Waals surface area contributed by atoms with Crippen LogP contribution >= 0.6 is 0 Å². The summed E-state index contributed by atoms with van der Waals surface area (Å²) >= 11 is 0. The highest BCUT2D eigenvalue weighted by molar-refractivity contribution is 5.51. The van der Waals surface area contributed by atoms with Crippen molar-refractivity contribution in [2.24, 2.45) is 0 Å². The summed E-state index contributed by atoms with van der Waals surface area (Å²) in [7, 11) is 0. The Morgan fingerprint density at radius 1 is 1.64 bits per heavy atom. The predicted molar refractivity (Wildman–Crippen MR) is 42.2 cm³/mol. The van der Waals surface area contributed by atoms with E-state index in [1.165, 1.54) is 5.56 Å². The Kier molecular flexibility index (Phi) is 1.51. The van der Waals surface area contributed by atoms with Gasteiger partial charge in [0.2, 0.25) is 0 Å². The average Bonchev–Trinajstić information content (AvgIpc) is 2.04. The van der Waals surface area contributed by atoms with Crippen molar-refractivity contribution in [1.29, 1.82) is 0 Å². The Bertz CT molecular complexity index is 262. The molecule has 1 aromatic heterocycles. The van der Waals surface area contributed by atoms with Gasteiger partial charge >= 0.3 is 0 Å². The molecule has 0 saturated heterocycles. The molecular formula is C8H10N2O. The molecule has 1 aliphatic heterocycles. The van der Waals surface area contributed by atoms with Gasteiger partial charge in [0.05, 0.1) is 0 Å². The number of aliphatic hydroxyl groups is 1. The van der Waals surface area contributed by atoms with Gasteiger partial charge in [0.1, 0.15) is 6.23 Å². The number of anilines is 1. The number of hydrogen-bond donors (Lipinski definition) is 2. The number of aryl methyl sites for hydroxylation is 1. The zero-order chi connectivity index (χ0) is 7.68. The van der Waals surface area contributed by atoms with Gasteiger partial charge in [0, 0.05) is 18.1 Å². The molecule has 0 fully saturated rings. The third kappa shape index (κ3) is 1.19. The molecule has 11 heavy (non-hydrogen) atoms. The largest absolute Gasteiger partial charge is 0.374 e. The van der Waals surface area contributed by atoms with Gasteiger partial charge in [0.25, 0.3) is 0 Å². The molecular weight excluding hydrogens is 140 g/mol. The molecule has 3 heteroatoms. The maximum Gasteiger partial charge on any atom is 0.124 e. The smallest absolute Gasteiger partial charge is 0.124 e. The maximum atomic E-state index is 9.22. The van der Waals surface area contributed by atoms with Crippen molar-refractivity contribution < 1.29 is 5.11 Å². The van der Waals surface area contributed by atoms with Gasteiger partial charge in [-0.2, -0.15) is 0 Å². The highest BCUT2D eigenvalue weighted by atomic mass is 16.3. The fourth-order valence-corrected chi connectivity index (χ4v) is 1.31. The molecule has 0 amide bonds. The summed E-state index contributed by atoms with van der Waals surface area (Å²) in [6, 6.07) is 1.89. The van der Waals surface area contributed by atoms with Crippen LogP contribution in [0.2, 0.25) is 0 Å². The first-order valence-electron chi connectivity index (χ1n) is 3.74. The van der Waals surface area contributed by atoms with E-state index in [1.54, 1.807) is 6.20 Å². The molecule has 0 saturated carbocycles. The zero-order valence-electron chi connectivity index (χ0n) is 6.12. The van der Waals surface area contributed by atoms with Crippen molar-refractivity contribution in [2.75, 3.05) is 5.32 Å². The maximum absolute atomic E-state index is 9.22. The first-order valence-corrected chi connectivity index (χ1v) is 3.74. The number of nitrogens with one attached hydrogen (secondary N) is 1. The number of fused-ring (bicyclic) bond motifs is 1. The van der Waals surface area contributed by atoms with Gasteiger partial charge in [0.15, 0.2) is 0 Å². The standard InChI is InChI=1S/C8H10N2O/c11-8-2-1-6-5-9-4-3-7(6)10-8/h3-5,8,10-11H,1-2H2. The van der Waals surface area contributed by atoms with Crippen LogP contribution in [0.5, 0.6) is 0 Å². The van der Waals surface area contributed by atoms with E-state index in [1.807, 2.05) is 12.3 Å². The molecule has 2 heterocycles. The van der Waals surface area contributed by atoms with Crippen LogP contribution in [0, 0.1) is 0 Å². The van der Waals surface area contributed by atoms with Gasteiger partial charge in [-0.05, 0) is 24.5 Å². The summed E-state index contributed by atoms with van der Waals surface area (Å²) in [6.45, 7) is 0. The van der Waals surface area contributed by atoms with E-state index in [2.05, 4.69) is 10.3 Å². The van der Waals surface area contributed by atoms with Crippen molar-refractivity contribution in [3.8, 4) is 0 Å². The van der Waals surface area contributed by atoms with E-state index in [9.17, 15) is 5.11 Å². The lowest BCUT2D eigenvalue weighted by Gasteiger charge is -2.21. The van der Waals surface area contributed by atoms with Crippen LogP contribution in [0.15, 0.2) is 18.5 Å². The van der Waals surface area contributed by atoms with E-state index >= 15 is 0 Å². The van der Waals surface area contributed by atoms with E-state index in [0.29, 0.717) is 0 Å². The second-order valence-corrected chi connectivity index (χ2v) is 2.73. The van der Waals surface area contributed by atoms with Gasteiger partial charge in [-0.1, -0.05) is 0 Å². The van der Waals surface area contributed by atoms with Crippen LogP contribution in [0.3, 0.4) is 0 Å². The Morgan fingerprint density at radius 2 is 2.55 bits per heavy atom. The highest BCUT2D eigenvalue weighted by Gasteiger charge is 2.13. The minimum Gasteiger partial charge on any atom is -0.374 e. The van der Waals surface area contributed by atoms with Crippen LogP contribution in [0.25, 0.3) is 0 Å². The first kappa shape index (κ1) is 6.61. The van der Waals surface area contributed by atoms with Crippen LogP contribution in [-0.2, 0) is 6.42 Å². The summed E-state index contributed by atoms with van der Waals surface area (Å²) in [5.41, 5.74) is 2.21. The number of aliphatic hydroxyl groups excluding tert-OH is 1. The Labute approximate surface area is 65.1 Å². The fourth-order valence-electron chi connectivity index (χ4n) is 1.31. The number of rotatable bonds is 0. The Balaban J connectivity index is 2.34. The van der Waals surface area contributed by atoms with Crippen molar-refractivity contribution in [3.05, 3.63) is 24.0 Å². The lowest BCUT2D eigenvalue weighted by atomic mass is 10.1. The summed E-state index contributed by atoms with van der Waals surface area (Å²) in [5, 5.41) is 12.2. The fraction of sp³-hybridized carbons (Fsp3) is 0.375.